The molecule has 1 saturated heterocycles. The summed E-state index contributed by atoms with van der Waals surface area (Å²) in [5.74, 6) is -1.88. The predicted molar refractivity (Wildman–Crippen MR) is 94.4 cm³/mol. The SMILES string of the molecule is CCOC(=O)C/C(C(=O)OCC)=C1/CCC(c2ccc(Cl)cc2)(C(F)(F)F)O1. The van der Waals surface area contributed by atoms with Gasteiger partial charge in [-0.2, -0.15) is 13.2 Å². The molecule has 1 aromatic rings. The third kappa shape index (κ3) is 4.60. The van der Waals surface area contributed by atoms with E-state index in [2.05, 4.69) is 0 Å². The Labute approximate surface area is 165 Å². The molecule has 0 N–H and O–H groups in total. The lowest BCUT2D eigenvalue weighted by Crippen LogP contribution is -2.41. The fraction of sp³-hybridized carbons (Fsp3) is 0.474. The standard InChI is InChI=1S/C19H20ClF3O5/c1-3-26-16(24)11-14(17(25)27-4-2)15-9-10-18(28-15,19(21,22)23)12-5-7-13(20)8-6-12/h5-8H,3-4,9-11H2,1-2H3/b15-14+. The van der Waals surface area contributed by atoms with Crippen LogP contribution in [0.4, 0.5) is 13.2 Å². The van der Waals surface area contributed by atoms with E-state index in [1.807, 2.05) is 0 Å². The van der Waals surface area contributed by atoms with E-state index in [-0.39, 0.29) is 41.6 Å². The van der Waals surface area contributed by atoms with Crippen molar-refractivity contribution in [1.82, 2.24) is 0 Å². The maximum Gasteiger partial charge on any atom is 0.432 e. The van der Waals surface area contributed by atoms with E-state index in [0.717, 1.165) is 0 Å². The minimum Gasteiger partial charge on any atom is -0.477 e. The number of benzene rings is 1. The summed E-state index contributed by atoms with van der Waals surface area (Å²) in [5.41, 5.74) is -3.04. The summed E-state index contributed by atoms with van der Waals surface area (Å²) < 4.78 is 57.0. The second kappa shape index (κ2) is 8.86. The average Bonchev–Trinajstić information content (AvgIpc) is 3.07. The number of carbonyl (C=O) groups excluding carboxylic acids is 2. The Balaban J connectivity index is 2.47. The minimum atomic E-state index is -4.76. The van der Waals surface area contributed by atoms with Crippen LogP contribution >= 0.6 is 11.6 Å². The van der Waals surface area contributed by atoms with Gasteiger partial charge >= 0.3 is 18.1 Å². The molecule has 1 aliphatic heterocycles. The minimum absolute atomic E-state index is 0.0000365. The molecule has 154 valence electrons. The van der Waals surface area contributed by atoms with Crippen molar-refractivity contribution in [3.8, 4) is 0 Å². The number of esters is 2. The highest BCUT2D eigenvalue weighted by molar-refractivity contribution is 6.30. The second-order valence-corrected chi connectivity index (χ2v) is 6.47. The molecule has 0 aromatic heterocycles. The zero-order valence-corrected chi connectivity index (χ0v) is 16.2. The third-order valence-electron chi connectivity index (χ3n) is 4.25. The Kier molecular flexibility index (Phi) is 6.98. The van der Waals surface area contributed by atoms with Gasteiger partial charge in [-0.05, 0) is 26.0 Å². The summed E-state index contributed by atoms with van der Waals surface area (Å²) in [4.78, 5) is 24.1. The van der Waals surface area contributed by atoms with E-state index in [0.29, 0.717) is 0 Å². The van der Waals surface area contributed by atoms with Gasteiger partial charge in [0, 0.05) is 23.4 Å². The Morgan fingerprint density at radius 2 is 1.75 bits per heavy atom. The van der Waals surface area contributed by atoms with Crippen LogP contribution in [-0.2, 0) is 29.4 Å². The first kappa shape index (κ1) is 22.1. The molecular weight excluding hydrogens is 401 g/mol. The summed E-state index contributed by atoms with van der Waals surface area (Å²) >= 11 is 5.78. The molecule has 1 aliphatic rings. The zero-order valence-electron chi connectivity index (χ0n) is 15.4. The first-order valence-corrected chi connectivity index (χ1v) is 9.09. The van der Waals surface area contributed by atoms with Gasteiger partial charge in [0.15, 0.2) is 0 Å². The van der Waals surface area contributed by atoms with Crippen molar-refractivity contribution < 1.29 is 37.0 Å². The van der Waals surface area contributed by atoms with Crippen LogP contribution in [0.15, 0.2) is 35.6 Å². The molecule has 0 aliphatic carbocycles. The molecule has 0 amide bonds. The normalized spacial score (nSPS) is 21.1. The van der Waals surface area contributed by atoms with Crippen LogP contribution < -0.4 is 0 Å². The fourth-order valence-corrected chi connectivity index (χ4v) is 3.09. The maximum atomic E-state index is 14.0. The highest BCUT2D eigenvalue weighted by Crippen LogP contribution is 2.52. The van der Waals surface area contributed by atoms with Crippen LogP contribution in [-0.4, -0.2) is 31.3 Å². The van der Waals surface area contributed by atoms with Gasteiger partial charge in [-0.1, -0.05) is 23.7 Å². The highest BCUT2D eigenvalue weighted by atomic mass is 35.5. The van der Waals surface area contributed by atoms with Crippen molar-refractivity contribution >= 4 is 23.5 Å². The molecule has 9 heteroatoms. The number of alkyl halides is 3. The first-order valence-electron chi connectivity index (χ1n) is 8.71. The fourth-order valence-electron chi connectivity index (χ4n) is 2.96. The van der Waals surface area contributed by atoms with E-state index < -0.39 is 36.6 Å². The number of allylic oxidation sites excluding steroid dienone is 1. The smallest absolute Gasteiger partial charge is 0.432 e. The molecule has 1 unspecified atom stereocenters. The molecule has 5 nitrogen and oxygen atoms in total. The Morgan fingerprint density at radius 3 is 2.29 bits per heavy atom. The number of hydrogen-bond acceptors (Lipinski definition) is 5. The summed E-state index contributed by atoms with van der Waals surface area (Å²) in [6.45, 7) is 3.20. The van der Waals surface area contributed by atoms with Crippen molar-refractivity contribution in [1.29, 1.82) is 0 Å². The number of halogens is 4. The van der Waals surface area contributed by atoms with Gasteiger partial charge in [0.1, 0.15) is 5.76 Å². The van der Waals surface area contributed by atoms with Crippen molar-refractivity contribution in [2.45, 2.75) is 44.9 Å². The second-order valence-electron chi connectivity index (χ2n) is 6.04. The van der Waals surface area contributed by atoms with E-state index in [1.165, 1.54) is 24.3 Å². The number of hydrogen-bond donors (Lipinski definition) is 0. The Bertz CT molecular complexity index is 758. The van der Waals surface area contributed by atoms with E-state index in [4.69, 9.17) is 25.8 Å². The number of carbonyl (C=O) groups is 2. The van der Waals surface area contributed by atoms with Crippen LogP contribution in [0.5, 0.6) is 0 Å². The number of rotatable bonds is 6. The van der Waals surface area contributed by atoms with Crippen molar-refractivity contribution in [3.05, 3.63) is 46.2 Å². The molecule has 0 spiro atoms. The predicted octanol–water partition coefficient (Wildman–Crippen LogP) is 4.68. The van der Waals surface area contributed by atoms with Crippen LogP contribution in [0.2, 0.25) is 5.02 Å². The zero-order chi connectivity index (χ0) is 20.9. The summed E-state index contributed by atoms with van der Waals surface area (Å²) in [7, 11) is 0. The van der Waals surface area contributed by atoms with Gasteiger partial charge < -0.3 is 14.2 Å². The molecule has 1 atom stereocenters. The largest absolute Gasteiger partial charge is 0.477 e. The Morgan fingerprint density at radius 1 is 1.14 bits per heavy atom. The van der Waals surface area contributed by atoms with Crippen molar-refractivity contribution in [2.24, 2.45) is 0 Å². The lowest BCUT2D eigenvalue weighted by molar-refractivity contribution is -0.261. The van der Waals surface area contributed by atoms with Gasteiger partial charge in [0.2, 0.25) is 5.60 Å². The molecule has 1 heterocycles. The summed E-state index contributed by atoms with van der Waals surface area (Å²) in [5, 5.41) is 0.282. The van der Waals surface area contributed by atoms with Crippen LogP contribution in [0.25, 0.3) is 0 Å². The lowest BCUT2D eigenvalue weighted by Gasteiger charge is -2.31. The van der Waals surface area contributed by atoms with Crippen LogP contribution in [0.3, 0.4) is 0 Å². The highest BCUT2D eigenvalue weighted by Gasteiger charge is 2.61. The molecule has 0 saturated carbocycles. The van der Waals surface area contributed by atoms with E-state index in [9.17, 15) is 22.8 Å². The van der Waals surface area contributed by atoms with E-state index in [1.54, 1.807) is 13.8 Å². The average molecular weight is 421 g/mol. The van der Waals surface area contributed by atoms with Gasteiger partial charge in [0.25, 0.3) is 0 Å². The van der Waals surface area contributed by atoms with Crippen molar-refractivity contribution in [2.75, 3.05) is 13.2 Å². The van der Waals surface area contributed by atoms with Gasteiger partial charge in [-0.15, -0.1) is 0 Å². The molecule has 2 rings (SSSR count). The topological polar surface area (TPSA) is 61.8 Å². The quantitative estimate of drug-likeness (QED) is 0.494. The first-order chi connectivity index (χ1) is 13.1. The lowest BCUT2D eigenvalue weighted by atomic mass is 9.90. The van der Waals surface area contributed by atoms with Gasteiger partial charge in [-0.25, -0.2) is 4.79 Å². The van der Waals surface area contributed by atoms with E-state index >= 15 is 0 Å². The third-order valence-corrected chi connectivity index (χ3v) is 4.51. The molecule has 0 radical (unpaired) electrons. The summed E-state index contributed by atoms with van der Waals surface area (Å²) in [6, 6.07) is 5.13. The molecule has 0 bridgehead atoms. The van der Waals surface area contributed by atoms with Gasteiger partial charge in [0.05, 0.1) is 25.2 Å². The monoisotopic (exact) mass is 420 g/mol. The molecule has 1 fully saturated rings. The van der Waals surface area contributed by atoms with Crippen LogP contribution in [0, 0.1) is 0 Å². The maximum absolute atomic E-state index is 14.0. The summed E-state index contributed by atoms with van der Waals surface area (Å²) in [6.07, 6.45) is -5.92. The van der Waals surface area contributed by atoms with Crippen molar-refractivity contribution in [3.63, 3.8) is 0 Å². The molecule has 1 aromatic carbocycles. The number of ether oxygens (including phenoxy) is 3. The molecule has 28 heavy (non-hydrogen) atoms. The van der Waals surface area contributed by atoms with Gasteiger partial charge in [-0.3, -0.25) is 4.79 Å². The van der Waals surface area contributed by atoms with Crippen LogP contribution in [0.1, 0.15) is 38.7 Å². The Hall–Kier alpha value is -2.22. The molecular formula is C19H20ClF3O5.